The van der Waals surface area contributed by atoms with Crippen LogP contribution in [0.25, 0.3) is 0 Å². The molecule has 1 rings (SSSR count). The first-order chi connectivity index (χ1) is 7.96. The van der Waals surface area contributed by atoms with E-state index in [0.29, 0.717) is 30.1 Å². The Morgan fingerprint density at radius 2 is 2.18 bits per heavy atom. The third-order valence-electron chi connectivity index (χ3n) is 2.22. The van der Waals surface area contributed by atoms with Crippen molar-refractivity contribution in [1.29, 1.82) is 0 Å². The van der Waals surface area contributed by atoms with Crippen LogP contribution in [0, 0.1) is 12.3 Å². The molecule has 1 aromatic carbocycles. The van der Waals surface area contributed by atoms with Crippen LogP contribution < -0.4 is 5.32 Å². The summed E-state index contributed by atoms with van der Waals surface area (Å²) in [7, 11) is -3.26. The highest BCUT2D eigenvalue weighted by Crippen LogP contribution is 2.23. The first-order valence-electron chi connectivity index (χ1n) is 5.08. The minimum atomic E-state index is -3.26. The van der Waals surface area contributed by atoms with Crippen molar-refractivity contribution in [1.82, 2.24) is 5.32 Å². The Bertz CT molecular complexity index is 532. The van der Waals surface area contributed by atoms with Crippen LogP contribution in [0.2, 0.25) is 5.02 Å². The molecule has 0 aromatic heterocycles. The number of rotatable bonds is 5. The Morgan fingerprint density at radius 3 is 2.76 bits per heavy atom. The zero-order valence-electron chi connectivity index (χ0n) is 9.53. The molecule has 0 radical (unpaired) electrons. The molecule has 0 aliphatic carbocycles. The molecule has 17 heavy (non-hydrogen) atoms. The monoisotopic (exact) mass is 271 g/mol. The molecule has 0 aliphatic rings. The van der Waals surface area contributed by atoms with Gasteiger partial charge in [-0.1, -0.05) is 17.7 Å². The van der Waals surface area contributed by atoms with Crippen LogP contribution in [0.5, 0.6) is 0 Å². The fourth-order valence-electron chi connectivity index (χ4n) is 1.43. The molecule has 3 nitrogen and oxygen atoms in total. The van der Waals surface area contributed by atoms with Gasteiger partial charge in [-0.05, 0) is 12.1 Å². The van der Waals surface area contributed by atoms with Gasteiger partial charge < -0.3 is 5.32 Å². The summed E-state index contributed by atoms with van der Waals surface area (Å²) in [6.45, 7) is 1.02. The molecule has 1 N–H and O–H groups in total. The highest BCUT2D eigenvalue weighted by atomic mass is 35.5. The molecule has 0 bridgehead atoms. The first kappa shape index (κ1) is 14.0. The Kier molecular flexibility index (Phi) is 5.01. The molecule has 0 unspecified atom stereocenters. The molecule has 0 fully saturated rings. The number of benzene rings is 1. The second kappa shape index (κ2) is 6.06. The molecule has 0 saturated carbocycles. The number of terminal acetylenes is 1. The number of halogens is 1. The minimum Gasteiger partial charge on any atom is -0.312 e. The SMILES string of the molecule is C#CCCNCc1c(Cl)cccc1S(C)(=O)=O. The van der Waals surface area contributed by atoms with E-state index < -0.39 is 9.84 Å². The standard InChI is InChI=1S/C12H14ClNO2S/c1-3-4-8-14-9-10-11(13)6-5-7-12(10)17(2,15)16/h1,5-7,14H,4,8-9H2,2H3. The van der Waals surface area contributed by atoms with E-state index in [4.69, 9.17) is 18.0 Å². The molecule has 0 amide bonds. The van der Waals surface area contributed by atoms with E-state index >= 15 is 0 Å². The fourth-order valence-corrected chi connectivity index (χ4v) is 2.68. The van der Waals surface area contributed by atoms with Crippen molar-refractivity contribution in [3.8, 4) is 12.3 Å². The van der Waals surface area contributed by atoms with Gasteiger partial charge in [-0.25, -0.2) is 8.42 Å². The van der Waals surface area contributed by atoms with Gasteiger partial charge in [-0.15, -0.1) is 12.3 Å². The van der Waals surface area contributed by atoms with Crippen LogP contribution in [0.4, 0.5) is 0 Å². The minimum absolute atomic E-state index is 0.262. The first-order valence-corrected chi connectivity index (χ1v) is 7.35. The predicted octanol–water partition coefficient (Wildman–Crippen LogP) is 1.86. The van der Waals surface area contributed by atoms with E-state index in [9.17, 15) is 8.42 Å². The van der Waals surface area contributed by atoms with Gasteiger partial charge in [-0.3, -0.25) is 0 Å². The second-order valence-electron chi connectivity index (χ2n) is 3.62. The summed E-state index contributed by atoms with van der Waals surface area (Å²) in [5.41, 5.74) is 0.591. The fraction of sp³-hybridized carbons (Fsp3) is 0.333. The van der Waals surface area contributed by atoms with Crippen molar-refractivity contribution < 1.29 is 8.42 Å². The summed E-state index contributed by atoms with van der Waals surface area (Å²) < 4.78 is 23.2. The Labute approximate surface area is 107 Å². The van der Waals surface area contributed by atoms with Gasteiger partial charge in [0.2, 0.25) is 0 Å². The van der Waals surface area contributed by atoms with E-state index in [-0.39, 0.29) is 4.90 Å². The van der Waals surface area contributed by atoms with Crippen LogP contribution in [-0.2, 0) is 16.4 Å². The second-order valence-corrected chi connectivity index (χ2v) is 6.01. The van der Waals surface area contributed by atoms with Crippen molar-refractivity contribution in [3.63, 3.8) is 0 Å². The number of hydrogen-bond acceptors (Lipinski definition) is 3. The summed E-state index contributed by atoms with van der Waals surface area (Å²) in [6.07, 6.45) is 6.89. The van der Waals surface area contributed by atoms with Crippen molar-refractivity contribution in [3.05, 3.63) is 28.8 Å². The van der Waals surface area contributed by atoms with Gasteiger partial charge in [0, 0.05) is 36.4 Å². The topological polar surface area (TPSA) is 46.2 Å². The lowest BCUT2D eigenvalue weighted by atomic mass is 10.2. The molecular weight excluding hydrogens is 258 g/mol. The maximum Gasteiger partial charge on any atom is 0.175 e. The van der Waals surface area contributed by atoms with Crippen molar-refractivity contribution >= 4 is 21.4 Å². The largest absolute Gasteiger partial charge is 0.312 e. The maximum absolute atomic E-state index is 11.6. The molecule has 92 valence electrons. The van der Waals surface area contributed by atoms with Crippen LogP contribution in [0.3, 0.4) is 0 Å². The molecule has 0 saturated heterocycles. The normalized spacial score (nSPS) is 11.1. The van der Waals surface area contributed by atoms with E-state index in [1.807, 2.05) is 0 Å². The quantitative estimate of drug-likeness (QED) is 0.657. The summed E-state index contributed by atoms with van der Waals surface area (Å²) in [4.78, 5) is 0.262. The van der Waals surface area contributed by atoms with Gasteiger partial charge >= 0.3 is 0 Å². The van der Waals surface area contributed by atoms with Crippen molar-refractivity contribution in [2.75, 3.05) is 12.8 Å². The van der Waals surface area contributed by atoms with Crippen molar-refractivity contribution in [2.24, 2.45) is 0 Å². The Morgan fingerprint density at radius 1 is 1.47 bits per heavy atom. The summed E-state index contributed by atoms with van der Waals surface area (Å²) in [5, 5.41) is 3.51. The molecule has 5 heteroatoms. The molecule has 0 aliphatic heterocycles. The number of nitrogens with one attached hydrogen (secondary N) is 1. The van der Waals surface area contributed by atoms with Crippen LogP contribution in [0.1, 0.15) is 12.0 Å². The average molecular weight is 272 g/mol. The molecule has 0 spiro atoms. The highest BCUT2D eigenvalue weighted by molar-refractivity contribution is 7.90. The lowest BCUT2D eigenvalue weighted by Gasteiger charge is -2.10. The summed E-state index contributed by atoms with van der Waals surface area (Å²) in [6, 6.07) is 4.86. The third kappa shape index (κ3) is 4.04. The van der Waals surface area contributed by atoms with E-state index in [0.717, 1.165) is 0 Å². The maximum atomic E-state index is 11.6. The van der Waals surface area contributed by atoms with Crippen LogP contribution in [-0.4, -0.2) is 21.2 Å². The average Bonchev–Trinajstić information content (AvgIpc) is 2.24. The lowest BCUT2D eigenvalue weighted by Crippen LogP contribution is -2.16. The van der Waals surface area contributed by atoms with Crippen molar-refractivity contribution in [2.45, 2.75) is 17.9 Å². The van der Waals surface area contributed by atoms with Gasteiger partial charge in [0.25, 0.3) is 0 Å². The van der Waals surface area contributed by atoms with Gasteiger partial charge in [0.1, 0.15) is 0 Å². The number of sulfone groups is 1. The Balaban J connectivity index is 2.94. The summed E-state index contributed by atoms with van der Waals surface area (Å²) in [5.74, 6) is 2.50. The van der Waals surface area contributed by atoms with E-state index in [1.54, 1.807) is 18.2 Å². The smallest absolute Gasteiger partial charge is 0.175 e. The molecule has 0 heterocycles. The van der Waals surface area contributed by atoms with Crippen LogP contribution in [0.15, 0.2) is 23.1 Å². The van der Waals surface area contributed by atoms with Gasteiger partial charge in [0.15, 0.2) is 9.84 Å². The molecule has 1 aromatic rings. The molecular formula is C12H14ClNO2S. The highest BCUT2D eigenvalue weighted by Gasteiger charge is 2.15. The number of hydrogen-bond donors (Lipinski definition) is 1. The van der Waals surface area contributed by atoms with E-state index in [2.05, 4.69) is 11.2 Å². The van der Waals surface area contributed by atoms with E-state index in [1.165, 1.54) is 6.26 Å². The Hall–Kier alpha value is -1.02. The van der Waals surface area contributed by atoms with Crippen LogP contribution >= 0.6 is 11.6 Å². The zero-order valence-corrected chi connectivity index (χ0v) is 11.1. The van der Waals surface area contributed by atoms with Gasteiger partial charge in [-0.2, -0.15) is 0 Å². The third-order valence-corrected chi connectivity index (χ3v) is 3.76. The van der Waals surface area contributed by atoms with Gasteiger partial charge in [0.05, 0.1) is 4.90 Å². The predicted molar refractivity (Wildman–Crippen MR) is 69.7 cm³/mol. The lowest BCUT2D eigenvalue weighted by molar-refractivity contribution is 0.599. The zero-order chi connectivity index (χ0) is 12.9. The molecule has 0 atom stereocenters. The summed E-state index contributed by atoms with van der Waals surface area (Å²) >= 11 is 6.00.